The molecular formula is C11H12Cl2O2. The van der Waals surface area contributed by atoms with E-state index in [2.05, 4.69) is 0 Å². The molecule has 0 aliphatic carbocycles. The Kier molecular flexibility index (Phi) is 3.77. The van der Waals surface area contributed by atoms with Gasteiger partial charge in [-0.1, -0.05) is 29.3 Å². The van der Waals surface area contributed by atoms with Gasteiger partial charge in [0.05, 0.1) is 10.0 Å². The number of carbonyl (C=O) groups excluding carboxylic acids is 1. The van der Waals surface area contributed by atoms with Crippen LogP contribution in [0.2, 0.25) is 10.0 Å². The lowest BCUT2D eigenvalue weighted by Gasteiger charge is -2.21. The van der Waals surface area contributed by atoms with E-state index >= 15 is 0 Å². The van der Waals surface area contributed by atoms with Crippen molar-refractivity contribution in [2.45, 2.75) is 19.4 Å². The van der Waals surface area contributed by atoms with Crippen LogP contribution in [0.4, 0.5) is 0 Å². The largest absolute Gasteiger partial charge is 0.371 e. The number of ketones is 1. The Hall–Kier alpha value is -0.570. The molecule has 0 spiro atoms. The van der Waals surface area contributed by atoms with Gasteiger partial charge in [-0.15, -0.1) is 0 Å². The Balaban J connectivity index is 3.18. The van der Waals surface area contributed by atoms with Crippen molar-refractivity contribution in [3.8, 4) is 0 Å². The quantitative estimate of drug-likeness (QED) is 0.763. The molecular weight excluding hydrogens is 235 g/mol. The summed E-state index contributed by atoms with van der Waals surface area (Å²) in [5.74, 6) is -0.183. The molecule has 0 saturated heterocycles. The molecule has 0 unspecified atom stereocenters. The second-order valence-corrected chi connectivity index (χ2v) is 4.43. The van der Waals surface area contributed by atoms with Gasteiger partial charge in [-0.05, 0) is 26.0 Å². The van der Waals surface area contributed by atoms with E-state index in [4.69, 9.17) is 27.9 Å². The highest BCUT2D eigenvalue weighted by molar-refractivity contribution is 6.44. The third-order valence-electron chi connectivity index (χ3n) is 2.25. The first kappa shape index (κ1) is 12.5. The van der Waals surface area contributed by atoms with Crippen LogP contribution in [-0.2, 0) is 4.74 Å². The summed E-state index contributed by atoms with van der Waals surface area (Å²) in [4.78, 5) is 12.0. The summed E-state index contributed by atoms with van der Waals surface area (Å²) in [6.45, 7) is 3.37. The molecule has 1 aromatic carbocycles. The maximum atomic E-state index is 12.0. The van der Waals surface area contributed by atoms with Gasteiger partial charge in [-0.2, -0.15) is 0 Å². The predicted octanol–water partition coefficient (Wildman–Crippen LogP) is 3.60. The Labute approximate surface area is 99.1 Å². The lowest BCUT2D eigenvalue weighted by molar-refractivity contribution is 0.0228. The van der Waals surface area contributed by atoms with Crippen molar-refractivity contribution >= 4 is 29.0 Å². The monoisotopic (exact) mass is 246 g/mol. The van der Waals surface area contributed by atoms with Crippen LogP contribution >= 0.6 is 23.2 Å². The zero-order valence-corrected chi connectivity index (χ0v) is 10.3. The molecule has 0 N–H and O–H groups in total. The predicted molar refractivity (Wildman–Crippen MR) is 61.9 cm³/mol. The molecule has 0 aliphatic rings. The maximum Gasteiger partial charge on any atom is 0.195 e. The van der Waals surface area contributed by atoms with E-state index in [0.717, 1.165) is 0 Å². The molecule has 0 radical (unpaired) electrons. The third kappa shape index (κ3) is 2.51. The van der Waals surface area contributed by atoms with Crippen molar-refractivity contribution in [1.29, 1.82) is 0 Å². The van der Waals surface area contributed by atoms with Crippen molar-refractivity contribution in [2.24, 2.45) is 0 Å². The number of benzene rings is 1. The molecule has 0 heterocycles. The van der Waals surface area contributed by atoms with Crippen LogP contribution < -0.4 is 0 Å². The first-order valence-electron chi connectivity index (χ1n) is 4.44. The zero-order valence-electron chi connectivity index (χ0n) is 8.80. The lowest BCUT2D eigenvalue weighted by Crippen LogP contribution is -2.34. The number of hydrogen-bond acceptors (Lipinski definition) is 2. The molecule has 2 nitrogen and oxygen atoms in total. The Morgan fingerprint density at radius 1 is 1.33 bits per heavy atom. The van der Waals surface area contributed by atoms with E-state index in [1.165, 1.54) is 7.11 Å². The topological polar surface area (TPSA) is 26.3 Å². The van der Waals surface area contributed by atoms with Gasteiger partial charge >= 0.3 is 0 Å². The Morgan fingerprint density at radius 3 is 2.47 bits per heavy atom. The molecule has 1 rings (SSSR count). The van der Waals surface area contributed by atoms with E-state index in [9.17, 15) is 4.79 Å². The summed E-state index contributed by atoms with van der Waals surface area (Å²) in [5, 5.41) is 0.642. The fourth-order valence-electron chi connectivity index (χ4n) is 1.10. The number of carbonyl (C=O) groups is 1. The number of halogens is 2. The number of rotatable bonds is 3. The average molecular weight is 247 g/mol. The summed E-state index contributed by atoms with van der Waals surface area (Å²) in [6, 6.07) is 4.96. The van der Waals surface area contributed by atoms with Crippen LogP contribution in [-0.4, -0.2) is 18.5 Å². The van der Waals surface area contributed by atoms with Gasteiger partial charge in [-0.25, -0.2) is 0 Å². The van der Waals surface area contributed by atoms with Gasteiger partial charge in [0.1, 0.15) is 5.60 Å². The first-order valence-corrected chi connectivity index (χ1v) is 5.19. The smallest absolute Gasteiger partial charge is 0.195 e. The Bertz CT molecular complexity index is 386. The lowest BCUT2D eigenvalue weighted by atomic mass is 9.96. The number of hydrogen-bond donors (Lipinski definition) is 0. The number of Topliss-reactive ketones (excluding diaryl/α,β-unsaturated/α-hetero) is 1. The van der Waals surface area contributed by atoms with Gasteiger partial charge in [0.15, 0.2) is 5.78 Å². The molecule has 0 saturated carbocycles. The maximum absolute atomic E-state index is 12.0. The van der Waals surface area contributed by atoms with Crippen molar-refractivity contribution in [3.05, 3.63) is 33.8 Å². The van der Waals surface area contributed by atoms with E-state index in [-0.39, 0.29) is 10.8 Å². The normalized spacial score (nSPS) is 11.5. The zero-order chi connectivity index (χ0) is 11.6. The van der Waals surface area contributed by atoms with Gasteiger partial charge in [-0.3, -0.25) is 4.79 Å². The van der Waals surface area contributed by atoms with E-state index < -0.39 is 5.60 Å². The molecule has 4 heteroatoms. The summed E-state index contributed by atoms with van der Waals surface area (Å²) in [7, 11) is 1.48. The number of ether oxygens (including phenoxy) is 1. The van der Waals surface area contributed by atoms with Gasteiger partial charge in [0.2, 0.25) is 0 Å². The average Bonchev–Trinajstić information content (AvgIpc) is 2.21. The highest BCUT2D eigenvalue weighted by Gasteiger charge is 2.30. The minimum absolute atomic E-state index is 0.183. The molecule has 82 valence electrons. The summed E-state index contributed by atoms with van der Waals surface area (Å²) >= 11 is 11.8. The van der Waals surface area contributed by atoms with Crippen LogP contribution in [0.15, 0.2) is 18.2 Å². The molecule has 0 aliphatic heterocycles. The Morgan fingerprint density at radius 2 is 1.93 bits per heavy atom. The minimum atomic E-state index is -0.895. The van der Waals surface area contributed by atoms with Crippen molar-refractivity contribution in [3.63, 3.8) is 0 Å². The van der Waals surface area contributed by atoms with Crippen molar-refractivity contribution < 1.29 is 9.53 Å². The third-order valence-corrected chi connectivity index (χ3v) is 3.07. The summed E-state index contributed by atoms with van der Waals surface area (Å²) < 4.78 is 5.10. The second kappa shape index (κ2) is 4.52. The number of methoxy groups -OCH3 is 1. The van der Waals surface area contributed by atoms with Crippen LogP contribution in [0, 0.1) is 0 Å². The fourth-order valence-corrected chi connectivity index (χ4v) is 1.48. The van der Waals surface area contributed by atoms with E-state index in [1.54, 1.807) is 32.0 Å². The van der Waals surface area contributed by atoms with Crippen molar-refractivity contribution in [2.75, 3.05) is 7.11 Å². The van der Waals surface area contributed by atoms with Crippen LogP contribution in [0.3, 0.4) is 0 Å². The SMILES string of the molecule is COC(C)(C)C(=O)c1cccc(Cl)c1Cl. The van der Waals surface area contributed by atoms with Gasteiger partial charge < -0.3 is 4.74 Å². The molecule has 15 heavy (non-hydrogen) atoms. The molecule has 0 bridgehead atoms. The second-order valence-electron chi connectivity index (χ2n) is 3.64. The van der Waals surface area contributed by atoms with E-state index in [0.29, 0.717) is 10.6 Å². The molecule has 0 fully saturated rings. The van der Waals surface area contributed by atoms with Gasteiger partial charge in [0.25, 0.3) is 0 Å². The molecule has 0 amide bonds. The van der Waals surface area contributed by atoms with Crippen molar-refractivity contribution in [1.82, 2.24) is 0 Å². The van der Waals surface area contributed by atoms with Crippen LogP contribution in [0.1, 0.15) is 24.2 Å². The fraction of sp³-hybridized carbons (Fsp3) is 0.364. The molecule has 0 atom stereocenters. The highest BCUT2D eigenvalue weighted by Crippen LogP contribution is 2.28. The minimum Gasteiger partial charge on any atom is -0.371 e. The first-order chi connectivity index (χ1) is 6.90. The standard InChI is InChI=1S/C11H12Cl2O2/c1-11(2,15-3)10(14)7-5-4-6-8(12)9(7)13/h4-6H,1-3H3. The van der Waals surface area contributed by atoms with Crippen LogP contribution in [0.25, 0.3) is 0 Å². The van der Waals surface area contributed by atoms with Gasteiger partial charge in [0, 0.05) is 12.7 Å². The van der Waals surface area contributed by atoms with E-state index in [1.807, 2.05) is 0 Å². The van der Waals surface area contributed by atoms with Crippen LogP contribution in [0.5, 0.6) is 0 Å². The summed E-state index contributed by atoms with van der Waals surface area (Å²) in [5.41, 5.74) is -0.509. The summed E-state index contributed by atoms with van der Waals surface area (Å²) in [6.07, 6.45) is 0. The molecule has 0 aromatic heterocycles. The molecule has 1 aromatic rings. The highest BCUT2D eigenvalue weighted by atomic mass is 35.5.